The number of nitrogens with zero attached hydrogens (tertiary/aromatic N) is 1. The van der Waals surface area contributed by atoms with Crippen molar-refractivity contribution in [1.29, 1.82) is 0 Å². The molecule has 0 aromatic heterocycles. The van der Waals surface area contributed by atoms with Gasteiger partial charge in [0.15, 0.2) is 0 Å². The van der Waals surface area contributed by atoms with E-state index in [1.54, 1.807) is 17.9 Å². The highest BCUT2D eigenvalue weighted by molar-refractivity contribution is 5.83. The quantitative estimate of drug-likeness (QED) is 0.746. The van der Waals surface area contributed by atoms with Gasteiger partial charge in [0.05, 0.1) is 12.3 Å². The SMILES string of the molecule is C=CCN(C(=O)OCC)C(=C(C)C)c1ccccc1. The molecule has 1 amide bonds. The van der Waals surface area contributed by atoms with Gasteiger partial charge in [0.25, 0.3) is 0 Å². The molecule has 1 aromatic rings. The molecule has 102 valence electrons. The van der Waals surface area contributed by atoms with Gasteiger partial charge in [0.2, 0.25) is 0 Å². The Bertz CT molecular complexity index is 459. The van der Waals surface area contributed by atoms with Crippen molar-refractivity contribution in [1.82, 2.24) is 4.90 Å². The average molecular weight is 259 g/mol. The van der Waals surface area contributed by atoms with Gasteiger partial charge in [0, 0.05) is 6.54 Å². The molecule has 0 aliphatic rings. The molecule has 0 atom stereocenters. The molecule has 0 aliphatic heterocycles. The number of benzene rings is 1. The highest BCUT2D eigenvalue weighted by Crippen LogP contribution is 2.23. The first-order valence-electron chi connectivity index (χ1n) is 6.39. The normalized spacial score (nSPS) is 9.63. The van der Waals surface area contributed by atoms with Crippen LogP contribution in [0.2, 0.25) is 0 Å². The number of carbonyl (C=O) groups is 1. The second-order valence-corrected chi connectivity index (χ2v) is 4.31. The van der Waals surface area contributed by atoms with Crippen molar-refractivity contribution >= 4 is 11.8 Å². The zero-order valence-electron chi connectivity index (χ0n) is 11.8. The standard InChI is InChI=1S/C16H21NO2/c1-5-12-17(16(18)19-6-2)15(13(3)4)14-10-8-7-9-11-14/h5,7-11H,1,6,12H2,2-4H3. The third-order valence-corrected chi connectivity index (χ3v) is 2.59. The summed E-state index contributed by atoms with van der Waals surface area (Å²) in [6, 6.07) is 9.83. The van der Waals surface area contributed by atoms with Crippen molar-refractivity contribution in [3.05, 3.63) is 54.1 Å². The monoisotopic (exact) mass is 259 g/mol. The molecule has 3 heteroatoms. The van der Waals surface area contributed by atoms with Crippen LogP contribution in [0.15, 0.2) is 48.6 Å². The van der Waals surface area contributed by atoms with Crippen molar-refractivity contribution < 1.29 is 9.53 Å². The van der Waals surface area contributed by atoms with Crippen LogP contribution in [0.4, 0.5) is 4.79 Å². The van der Waals surface area contributed by atoms with E-state index >= 15 is 0 Å². The third-order valence-electron chi connectivity index (χ3n) is 2.59. The van der Waals surface area contributed by atoms with Gasteiger partial charge < -0.3 is 4.74 Å². The van der Waals surface area contributed by atoms with Gasteiger partial charge in [-0.3, -0.25) is 4.90 Å². The molecular formula is C16H21NO2. The molecule has 0 bridgehead atoms. The van der Waals surface area contributed by atoms with Crippen LogP contribution in [0.25, 0.3) is 5.70 Å². The van der Waals surface area contributed by atoms with Gasteiger partial charge >= 0.3 is 6.09 Å². The minimum atomic E-state index is -0.345. The lowest BCUT2D eigenvalue weighted by Crippen LogP contribution is -2.31. The van der Waals surface area contributed by atoms with Gasteiger partial charge in [-0.15, -0.1) is 6.58 Å². The van der Waals surface area contributed by atoms with Crippen molar-refractivity contribution in [2.45, 2.75) is 20.8 Å². The number of allylic oxidation sites excluding steroid dienone is 1. The Morgan fingerprint density at radius 1 is 1.32 bits per heavy atom. The zero-order chi connectivity index (χ0) is 14.3. The van der Waals surface area contributed by atoms with Gasteiger partial charge in [-0.25, -0.2) is 4.79 Å². The van der Waals surface area contributed by atoms with Crippen LogP contribution in [0.1, 0.15) is 26.3 Å². The Labute approximate surface area is 115 Å². The van der Waals surface area contributed by atoms with Crippen molar-refractivity contribution in [3.8, 4) is 0 Å². The molecule has 1 aromatic carbocycles. The summed E-state index contributed by atoms with van der Waals surface area (Å²) in [4.78, 5) is 13.7. The summed E-state index contributed by atoms with van der Waals surface area (Å²) >= 11 is 0. The smallest absolute Gasteiger partial charge is 0.414 e. The van der Waals surface area contributed by atoms with Gasteiger partial charge in [-0.2, -0.15) is 0 Å². The molecule has 0 spiro atoms. The molecule has 0 aliphatic carbocycles. The van der Waals surface area contributed by atoms with Crippen LogP contribution in [-0.2, 0) is 4.74 Å². The number of ether oxygens (including phenoxy) is 1. The number of rotatable bonds is 5. The summed E-state index contributed by atoms with van der Waals surface area (Å²) in [5, 5.41) is 0. The molecule has 0 unspecified atom stereocenters. The summed E-state index contributed by atoms with van der Waals surface area (Å²) in [7, 11) is 0. The summed E-state index contributed by atoms with van der Waals surface area (Å²) in [6.07, 6.45) is 1.35. The summed E-state index contributed by atoms with van der Waals surface area (Å²) in [5.41, 5.74) is 2.93. The van der Waals surface area contributed by atoms with Crippen LogP contribution < -0.4 is 0 Å². The molecule has 0 saturated heterocycles. The molecule has 0 radical (unpaired) electrons. The van der Waals surface area contributed by atoms with E-state index < -0.39 is 0 Å². The van der Waals surface area contributed by atoms with Crippen LogP contribution in [0.5, 0.6) is 0 Å². The van der Waals surface area contributed by atoms with Crippen LogP contribution in [-0.4, -0.2) is 24.1 Å². The lowest BCUT2D eigenvalue weighted by molar-refractivity contribution is 0.128. The Morgan fingerprint density at radius 2 is 1.95 bits per heavy atom. The minimum absolute atomic E-state index is 0.345. The molecule has 0 heterocycles. The predicted molar refractivity (Wildman–Crippen MR) is 78.6 cm³/mol. The van der Waals surface area contributed by atoms with Gasteiger partial charge in [-0.05, 0) is 26.3 Å². The second-order valence-electron chi connectivity index (χ2n) is 4.31. The average Bonchev–Trinajstić information content (AvgIpc) is 2.39. The Kier molecular flexibility index (Phi) is 5.86. The number of carbonyl (C=O) groups excluding carboxylic acids is 1. The van der Waals surface area contributed by atoms with E-state index in [9.17, 15) is 4.79 Å². The Morgan fingerprint density at radius 3 is 2.42 bits per heavy atom. The van der Waals surface area contributed by atoms with Crippen LogP contribution in [0.3, 0.4) is 0 Å². The maximum absolute atomic E-state index is 12.1. The molecule has 0 N–H and O–H groups in total. The fourth-order valence-electron chi connectivity index (χ4n) is 1.90. The molecule has 3 nitrogen and oxygen atoms in total. The van der Waals surface area contributed by atoms with E-state index in [-0.39, 0.29) is 6.09 Å². The summed E-state index contributed by atoms with van der Waals surface area (Å²) in [5.74, 6) is 0. The number of hydrogen-bond donors (Lipinski definition) is 0. The Balaban J connectivity index is 3.19. The van der Waals surface area contributed by atoms with Crippen molar-refractivity contribution in [2.24, 2.45) is 0 Å². The first kappa shape index (κ1) is 15.0. The molecule has 1 rings (SSSR count). The molecule has 0 saturated carbocycles. The van der Waals surface area contributed by atoms with Gasteiger partial charge in [-0.1, -0.05) is 42.0 Å². The maximum Gasteiger partial charge on any atom is 0.414 e. The molecule has 0 fully saturated rings. The van der Waals surface area contributed by atoms with Crippen LogP contribution >= 0.6 is 0 Å². The highest BCUT2D eigenvalue weighted by atomic mass is 16.6. The van der Waals surface area contributed by atoms with E-state index in [0.717, 1.165) is 16.8 Å². The lowest BCUT2D eigenvalue weighted by atomic mass is 10.1. The van der Waals surface area contributed by atoms with E-state index in [1.165, 1.54) is 0 Å². The van der Waals surface area contributed by atoms with Crippen LogP contribution in [0, 0.1) is 0 Å². The summed E-state index contributed by atoms with van der Waals surface area (Å²) < 4.78 is 5.11. The maximum atomic E-state index is 12.1. The largest absolute Gasteiger partial charge is 0.449 e. The minimum Gasteiger partial charge on any atom is -0.449 e. The Hall–Kier alpha value is -2.03. The fourth-order valence-corrected chi connectivity index (χ4v) is 1.90. The number of amides is 1. The first-order chi connectivity index (χ1) is 9.11. The predicted octanol–water partition coefficient (Wildman–Crippen LogP) is 4.08. The fraction of sp³-hybridized carbons (Fsp3) is 0.312. The summed E-state index contributed by atoms with van der Waals surface area (Å²) in [6.45, 7) is 10.3. The lowest BCUT2D eigenvalue weighted by Gasteiger charge is -2.25. The van der Waals surface area contributed by atoms with E-state index in [0.29, 0.717) is 13.2 Å². The van der Waals surface area contributed by atoms with Crippen molar-refractivity contribution in [3.63, 3.8) is 0 Å². The highest BCUT2D eigenvalue weighted by Gasteiger charge is 2.20. The van der Waals surface area contributed by atoms with E-state index in [2.05, 4.69) is 6.58 Å². The van der Waals surface area contributed by atoms with E-state index in [1.807, 2.05) is 44.2 Å². The first-order valence-corrected chi connectivity index (χ1v) is 6.39. The molecule has 19 heavy (non-hydrogen) atoms. The third kappa shape index (κ3) is 3.98. The van der Waals surface area contributed by atoms with Gasteiger partial charge in [0.1, 0.15) is 0 Å². The topological polar surface area (TPSA) is 29.5 Å². The second kappa shape index (κ2) is 7.41. The van der Waals surface area contributed by atoms with E-state index in [4.69, 9.17) is 4.74 Å². The van der Waals surface area contributed by atoms with Crippen molar-refractivity contribution in [2.75, 3.05) is 13.2 Å². The molecular weight excluding hydrogens is 238 g/mol. The number of hydrogen-bond acceptors (Lipinski definition) is 2. The zero-order valence-corrected chi connectivity index (χ0v) is 11.8.